The molecule has 32 heavy (non-hydrogen) atoms. The first-order chi connectivity index (χ1) is 15.4. The van der Waals surface area contributed by atoms with Crippen molar-refractivity contribution in [2.24, 2.45) is 10.1 Å². The minimum absolute atomic E-state index is 0.0333. The molecule has 0 aliphatic heterocycles. The van der Waals surface area contributed by atoms with E-state index in [1.165, 1.54) is 34.2 Å². The van der Waals surface area contributed by atoms with Crippen molar-refractivity contribution in [2.75, 3.05) is 0 Å². The molecule has 4 aromatic rings. The van der Waals surface area contributed by atoms with E-state index in [4.69, 9.17) is 0 Å². The maximum atomic E-state index is 14.2. The molecule has 0 saturated heterocycles. The first-order valence-electron chi connectivity index (χ1n) is 9.33. The smallest absolute Gasteiger partial charge is 0.265 e. The second kappa shape index (κ2) is 8.98. The summed E-state index contributed by atoms with van der Waals surface area (Å²) in [5.74, 6) is -1.49. The van der Waals surface area contributed by atoms with Crippen molar-refractivity contribution in [2.45, 2.75) is 6.92 Å². The van der Waals surface area contributed by atoms with E-state index in [0.29, 0.717) is 21.8 Å². The third-order valence-corrected chi connectivity index (χ3v) is 5.35. The van der Waals surface area contributed by atoms with Gasteiger partial charge in [-0.2, -0.15) is 5.10 Å². The molecule has 0 bridgehead atoms. The standard InChI is InChI=1S/C22H15F2N5O2S/c1-14(15-8-10-25-11-9-15)27-28-21(16-2-5-18(6-3-16)29(30)31)13-32-22(28)26-20-7-4-17(23)12-19(20)24/h2-13H,1H3. The molecule has 0 fully saturated rings. The Morgan fingerprint density at radius 3 is 2.47 bits per heavy atom. The van der Waals surface area contributed by atoms with Crippen molar-refractivity contribution >= 4 is 28.4 Å². The highest BCUT2D eigenvalue weighted by Crippen LogP contribution is 2.24. The van der Waals surface area contributed by atoms with Crippen LogP contribution < -0.4 is 4.80 Å². The Morgan fingerprint density at radius 1 is 1.09 bits per heavy atom. The van der Waals surface area contributed by atoms with Crippen LogP contribution in [0.2, 0.25) is 0 Å². The van der Waals surface area contributed by atoms with Crippen LogP contribution in [0.4, 0.5) is 20.2 Å². The Morgan fingerprint density at radius 2 is 1.81 bits per heavy atom. The lowest BCUT2D eigenvalue weighted by Crippen LogP contribution is -2.14. The van der Waals surface area contributed by atoms with Gasteiger partial charge in [-0.05, 0) is 43.3 Å². The second-order valence-electron chi connectivity index (χ2n) is 6.65. The lowest BCUT2D eigenvalue weighted by atomic mass is 10.1. The van der Waals surface area contributed by atoms with Crippen LogP contribution in [0.15, 0.2) is 82.5 Å². The van der Waals surface area contributed by atoms with Gasteiger partial charge in [-0.1, -0.05) is 0 Å². The minimum Gasteiger partial charge on any atom is -0.265 e. The number of hydrogen-bond acceptors (Lipinski definition) is 6. The summed E-state index contributed by atoms with van der Waals surface area (Å²) in [5.41, 5.74) is 2.68. The number of thiazole rings is 1. The highest BCUT2D eigenvalue weighted by molar-refractivity contribution is 7.07. The Hall–Kier alpha value is -4.05. The van der Waals surface area contributed by atoms with Gasteiger partial charge in [0.1, 0.15) is 11.5 Å². The van der Waals surface area contributed by atoms with E-state index in [9.17, 15) is 18.9 Å². The molecule has 0 radical (unpaired) electrons. The molecule has 0 aliphatic rings. The van der Waals surface area contributed by atoms with Crippen molar-refractivity contribution in [1.82, 2.24) is 9.66 Å². The Balaban J connectivity index is 1.89. The van der Waals surface area contributed by atoms with Crippen molar-refractivity contribution in [3.63, 3.8) is 0 Å². The molecule has 2 aromatic heterocycles. The molecule has 0 unspecified atom stereocenters. The number of rotatable bonds is 5. The third kappa shape index (κ3) is 4.49. The van der Waals surface area contributed by atoms with Gasteiger partial charge in [0, 0.05) is 47.1 Å². The van der Waals surface area contributed by atoms with Gasteiger partial charge in [0.25, 0.3) is 5.69 Å². The minimum atomic E-state index is -0.795. The second-order valence-corrected chi connectivity index (χ2v) is 7.48. The molecule has 0 atom stereocenters. The highest BCUT2D eigenvalue weighted by atomic mass is 32.1. The SMILES string of the molecule is CC(=Nn1c(-c2ccc([N+](=O)[O-])cc2)csc1=Nc1ccc(F)cc1F)c1ccncc1. The van der Waals surface area contributed by atoms with Gasteiger partial charge >= 0.3 is 0 Å². The first kappa shape index (κ1) is 21.2. The van der Waals surface area contributed by atoms with Crippen molar-refractivity contribution in [3.05, 3.63) is 104 Å². The van der Waals surface area contributed by atoms with Crippen LogP contribution in [0.3, 0.4) is 0 Å². The summed E-state index contributed by atoms with van der Waals surface area (Å²) in [6, 6.07) is 12.7. The van der Waals surface area contributed by atoms with Gasteiger partial charge in [-0.15, -0.1) is 11.3 Å². The zero-order chi connectivity index (χ0) is 22.7. The van der Waals surface area contributed by atoms with Crippen LogP contribution in [0.1, 0.15) is 12.5 Å². The van der Waals surface area contributed by atoms with E-state index in [1.807, 2.05) is 6.92 Å². The van der Waals surface area contributed by atoms with E-state index in [2.05, 4.69) is 15.1 Å². The van der Waals surface area contributed by atoms with Gasteiger partial charge in [0.05, 0.1) is 16.3 Å². The molecular formula is C22H15F2N5O2S. The Kier molecular flexibility index (Phi) is 5.95. The van der Waals surface area contributed by atoms with Crippen molar-refractivity contribution in [1.29, 1.82) is 0 Å². The largest absolute Gasteiger partial charge is 0.269 e. The summed E-state index contributed by atoms with van der Waals surface area (Å²) in [6.07, 6.45) is 3.28. The van der Waals surface area contributed by atoms with Crippen molar-refractivity contribution < 1.29 is 13.7 Å². The fraction of sp³-hybridized carbons (Fsp3) is 0.0455. The normalized spacial score (nSPS) is 12.2. The molecule has 7 nitrogen and oxygen atoms in total. The average Bonchev–Trinajstić information content (AvgIpc) is 3.18. The maximum absolute atomic E-state index is 14.2. The number of pyridine rings is 1. The summed E-state index contributed by atoms with van der Waals surface area (Å²) in [5, 5.41) is 17.4. The highest BCUT2D eigenvalue weighted by Gasteiger charge is 2.12. The predicted molar refractivity (Wildman–Crippen MR) is 118 cm³/mol. The lowest BCUT2D eigenvalue weighted by Gasteiger charge is -2.06. The fourth-order valence-corrected chi connectivity index (χ4v) is 3.74. The zero-order valence-electron chi connectivity index (χ0n) is 16.6. The molecule has 160 valence electrons. The number of benzene rings is 2. The monoisotopic (exact) mass is 451 g/mol. The molecular weight excluding hydrogens is 436 g/mol. The Labute approximate surface area is 184 Å². The molecule has 10 heteroatoms. The molecule has 2 aromatic carbocycles. The maximum Gasteiger partial charge on any atom is 0.269 e. The van der Waals surface area contributed by atoms with Crippen LogP contribution in [0.5, 0.6) is 0 Å². The van der Waals surface area contributed by atoms with Gasteiger partial charge < -0.3 is 0 Å². The number of halogens is 2. The van der Waals surface area contributed by atoms with Crippen molar-refractivity contribution in [3.8, 4) is 11.3 Å². The van der Waals surface area contributed by atoms with Gasteiger partial charge in [-0.25, -0.2) is 18.4 Å². The van der Waals surface area contributed by atoms with Gasteiger partial charge in [0.2, 0.25) is 4.80 Å². The first-order valence-corrected chi connectivity index (χ1v) is 10.2. The average molecular weight is 451 g/mol. The van der Waals surface area contributed by atoms with Crippen LogP contribution in [-0.4, -0.2) is 20.3 Å². The summed E-state index contributed by atoms with van der Waals surface area (Å²) in [7, 11) is 0. The van der Waals surface area contributed by atoms with Gasteiger partial charge in [-0.3, -0.25) is 15.1 Å². The number of aromatic nitrogens is 2. The van der Waals surface area contributed by atoms with Crippen LogP contribution in [-0.2, 0) is 0 Å². The topological polar surface area (TPSA) is 85.7 Å². The summed E-state index contributed by atoms with van der Waals surface area (Å²) in [4.78, 5) is 19.2. The molecule has 0 N–H and O–H groups in total. The van der Waals surface area contributed by atoms with E-state index in [0.717, 1.165) is 17.7 Å². The van der Waals surface area contributed by atoms with E-state index in [1.54, 1.807) is 42.0 Å². The molecule has 4 rings (SSSR count). The van der Waals surface area contributed by atoms with E-state index < -0.39 is 16.6 Å². The number of nitrogens with zero attached hydrogens (tertiary/aromatic N) is 5. The van der Waals surface area contributed by atoms with Crippen LogP contribution in [0.25, 0.3) is 11.3 Å². The van der Waals surface area contributed by atoms with Crippen LogP contribution in [0, 0.1) is 21.7 Å². The number of non-ortho nitro benzene ring substituents is 1. The zero-order valence-corrected chi connectivity index (χ0v) is 17.5. The summed E-state index contributed by atoms with van der Waals surface area (Å²) in [6.45, 7) is 1.81. The quantitative estimate of drug-likeness (QED) is 0.234. The summed E-state index contributed by atoms with van der Waals surface area (Å²) >= 11 is 1.21. The van der Waals surface area contributed by atoms with Gasteiger partial charge in [0.15, 0.2) is 5.82 Å². The number of nitro groups is 1. The van der Waals surface area contributed by atoms with E-state index >= 15 is 0 Å². The summed E-state index contributed by atoms with van der Waals surface area (Å²) < 4.78 is 29.0. The predicted octanol–water partition coefficient (Wildman–Crippen LogP) is 5.30. The van der Waals surface area contributed by atoms with E-state index in [-0.39, 0.29) is 11.4 Å². The molecule has 0 saturated carbocycles. The Bertz CT molecular complexity index is 1380. The van der Waals surface area contributed by atoms with Crippen LogP contribution >= 0.6 is 11.3 Å². The third-order valence-electron chi connectivity index (χ3n) is 4.53. The fourth-order valence-electron chi connectivity index (χ4n) is 2.90. The molecule has 0 amide bonds. The molecule has 0 spiro atoms. The number of hydrogen-bond donors (Lipinski definition) is 0. The lowest BCUT2D eigenvalue weighted by molar-refractivity contribution is -0.384. The number of nitro benzene ring substituents is 1. The molecule has 2 heterocycles. The molecule has 0 aliphatic carbocycles.